The second kappa shape index (κ2) is 8.39. The number of nitrogens with one attached hydrogen (secondary N) is 1. The number of amides is 2. The van der Waals surface area contributed by atoms with Crippen LogP contribution in [0.1, 0.15) is 37.7 Å². The molecule has 7 nitrogen and oxygen atoms in total. The Morgan fingerprint density at radius 2 is 1.85 bits per heavy atom. The zero-order chi connectivity index (χ0) is 19.4. The van der Waals surface area contributed by atoms with Crippen molar-refractivity contribution >= 4 is 21.8 Å². The van der Waals surface area contributed by atoms with E-state index >= 15 is 0 Å². The van der Waals surface area contributed by atoms with E-state index in [1.807, 2.05) is 30.3 Å². The van der Waals surface area contributed by atoms with Gasteiger partial charge in [0.25, 0.3) is 5.91 Å². The lowest BCUT2D eigenvalue weighted by molar-refractivity contribution is -0.139. The van der Waals surface area contributed by atoms with Gasteiger partial charge in [-0.2, -0.15) is 0 Å². The fraction of sp³-hybridized carbons (Fsp3) is 0.579. The van der Waals surface area contributed by atoms with Gasteiger partial charge in [0.2, 0.25) is 15.9 Å². The van der Waals surface area contributed by atoms with Crippen LogP contribution in [0.3, 0.4) is 0 Å². The molecule has 3 rings (SSSR count). The summed E-state index contributed by atoms with van der Waals surface area (Å²) in [4.78, 5) is 26.6. The summed E-state index contributed by atoms with van der Waals surface area (Å²) in [5.74, 6) is -0.824. The zero-order valence-electron chi connectivity index (χ0n) is 15.3. The summed E-state index contributed by atoms with van der Waals surface area (Å²) < 4.78 is 26.9. The van der Waals surface area contributed by atoms with Gasteiger partial charge in [0, 0.05) is 6.04 Å². The zero-order valence-corrected chi connectivity index (χ0v) is 16.2. The molecule has 148 valence electrons. The van der Waals surface area contributed by atoms with Crippen LogP contribution in [0.15, 0.2) is 30.3 Å². The molecule has 27 heavy (non-hydrogen) atoms. The van der Waals surface area contributed by atoms with Gasteiger partial charge in [-0.3, -0.25) is 14.3 Å². The third-order valence-corrected chi connectivity index (χ3v) is 6.87. The Hall–Kier alpha value is -1.93. The number of fused-ring (bicyclic) bond motifs is 1. The number of carbonyl (C=O) groups excluding carboxylic acids is 2. The minimum atomic E-state index is -3.77. The molecule has 2 fully saturated rings. The molecule has 1 aromatic carbocycles. The Morgan fingerprint density at radius 1 is 1.15 bits per heavy atom. The SMILES string of the molecule is NCC(=O)N1C2CCCCC2C[C@H]1C(=O)NS(=O)(=O)CCc1ccccc1. The minimum Gasteiger partial charge on any atom is -0.326 e. The number of sulfonamides is 1. The van der Waals surface area contributed by atoms with Crippen LogP contribution in [-0.4, -0.2) is 49.5 Å². The summed E-state index contributed by atoms with van der Waals surface area (Å²) in [5.41, 5.74) is 6.43. The molecule has 1 saturated carbocycles. The molecule has 1 aliphatic heterocycles. The molecule has 0 bridgehead atoms. The number of hydrogen-bond donors (Lipinski definition) is 2. The Balaban J connectivity index is 1.67. The van der Waals surface area contributed by atoms with Gasteiger partial charge in [-0.25, -0.2) is 8.42 Å². The largest absolute Gasteiger partial charge is 0.326 e. The average Bonchev–Trinajstić information content (AvgIpc) is 3.06. The Morgan fingerprint density at radius 3 is 2.56 bits per heavy atom. The van der Waals surface area contributed by atoms with Gasteiger partial charge in [-0.1, -0.05) is 43.2 Å². The summed E-state index contributed by atoms with van der Waals surface area (Å²) in [6.07, 6.45) is 4.74. The first-order chi connectivity index (χ1) is 12.9. The monoisotopic (exact) mass is 393 g/mol. The summed E-state index contributed by atoms with van der Waals surface area (Å²) in [6, 6.07) is 8.50. The summed E-state index contributed by atoms with van der Waals surface area (Å²) in [6.45, 7) is -0.173. The average molecular weight is 394 g/mol. The molecule has 1 heterocycles. The molecule has 8 heteroatoms. The van der Waals surface area contributed by atoms with Gasteiger partial charge >= 0.3 is 0 Å². The number of aryl methyl sites for hydroxylation is 1. The predicted molar refractivity (Wildman–Crippen MR) is 102 cm³/mol. The van der Waals surface area contributed by atoms with Crippen molar-refractivity contribution < 1.29 is 18.0 Å². The van der Waals surface area contributed by atoms with Crippen LogP contribution in [0, 0.1) is 5.92 Å². The number of benzene rings is 1. The quantitative estimate of drug-likeness (QED) is 0.743. The maximum absolute atomic E-state index is 12.7. The molecule has 1 saturated heterocycles. The highest BCUT2D eigenvalue weighted by Crippen LogP contribution is 2.39. The Bertz CT molecular complexity index is 781. The van der Waals surface area contributed by atoms with Crippen LogP contribution in [-0.2, 0) is 26.0 Å². The first kappa shape index (κ1) is 19.8. The van der Waals surface area contributed by atoms with Crippen molar-refractivity contribution in [2.75, 3.05) is 12.3 Å². The lowest BCUT2D eigenvalue weighted by atomic mass is 9.84. The van der Waals surface area contributed by atoms with Gasteiger partial charge in [-0.15, -0.1) is 0 Å². The summed E-state index contributed by atoms with van der Waals surface area (Å²) in [7, 11) is -3.77. The van der Waals surface area contributed by atoms with E-state index in [0.717, 1.165) is 31.2 Å². The summed E-state index contributed by atoms with van der Waals surface area (Å²) in [5, 5.41) is 0. The highest BCUT2D eigenvalue weighted by molar-refractivity contribution is 7.90. The smallest absolute Gasteiger partial charge is 0.256 e. The fourth-order valence-corrected chi connectivity index (χ4v) is 5.38. The number of hydrogen-bond acceptors (Lipinski definition) is 5. The number of nitrogens with zero attached hydrogens (tertiary/aromatic N) is 1. The van der Waals surface area contributed by atoms with E-state index in [9.17, 15) is 18.0 Å². The lowest BCUT2D eigenvalue weighted by Crippen LogP contribution is -2.52. The molecule has 3 N–H and O–H groups in total. The first-order valence-electron chi connectivity index (χ1n) is 9.51. The number of likely N-dealkylation sites (tertiary alicyclic amines) is 1. The second-order valence-corrected chi connectivity index (χ2v) is 9.23. The third kappa shape index (κ3) is 4.68. The highest BCUT2D eigenvalue weighted by atomic mass is 32.2. The second-order valence-electron chi connectivity index (χ2n) is 7.39. The van der Waals surface area contributed by atoms with Gasteiger partial charge in [-0.05, 0) is 37.2 Å². The van der Waals surface area contributed by atoms with Gasteiger partial charge < -0.3 is 10.6 Å². The predicted octanol–water partition coefficient (Wildman–Crippen LogP) is 0.794. The minimum absolute atomic E-state index is 0.00225. The van der Waals surface area contributed by atoms with E-state index in [1.165, 1.54) is 0 Å². The van der Waals surface area contributed by atoms with E-state index in [1.54, 1.807) is 4.90 Å². The molecule has 0 radical (unpaired) electrons. The lowest BCUT2D eigenvalue weighted by Gasteiger charge is -2.33. The Kier molecular flexibility index (Phi) is 6.16. The van der Waals surface area contributed by atoms with E-state index < -0.39 is 22.0 Å². The van der Waals surface area contributed by atoms with Crippen LogP contribution in [0.2, 0.25) is 0 Å². The molecule has 1 aromatic rings. The molecule has 2 aliphatic rings. The van der Waals surface area contributed by atoms with Crippen molar-refractivity contribution in [3.63, 3.8) is 0 Å². The van der Waals surface area contributed by atoms with Gasteiger partial charge in [0.15, 0.2) is 0 Å². The molecule has 0 spiro atoms. The van der Waals surface area contributed by atoms with E-state index in [4.69, 9.17) is 5.73 Å². The molecule has 1 aliphatic carbocycles. The van der Waals surface area contributed by atoms with Crippen molar-refractivity contribution in [2.24, 2.45) is 11.7 Å². The molecule has 0 aromatic heterocycles. The van der Waals surface area contributed by atoms with E-state index in [2.05, 4.69) is 4.72 Å². The fourth-order valence-electron chi connectivity index (χ4n) is 4.33. The molecule has 3 atom stereocenters. The van der Waals surface area contributed by atoms with Crippen LogP contribution >= 0.6 is 0 Å². The van der Waals surface area contributed by atoms with Crippen molar-refractivity contribution in [3.05, 3.63) is 35.9 Å². The molecular formula is C19H27N3O4S. The topological polar surface area (TPSA) is 110 Å². The van der Waals surface area contributed by atoms with E-state index in [-0.39, 0.29) is 30.2 Å². The van der Waals surface area contributed by atoms with E-state index in [0.29, 0.717) is 12.8 Å². The molecule has 2 amide bonds. The summed E-state index contributed by atoms with van der Waals surface area (Å²) >= 11 is 0. The maximum Gasteiger partial charge on any atom is 0.256 e. The third-order valence-electron chi connectivity index (χ3n) is 5.61. The highest BCUT2D eigenvalue weighted by Gasteiger charge is 2.47. The Labute approximate surface area is 160 Å². The number of rotatable bonds is 6. The van der Waals surface area contributed by atoms with Crippen LogP contribution in [0.4, 0.5) is 0 Å². The van der Waals surface area contributed by atoms with Crippen molar-refractivity contribution in [1.82, 2.24) is 9.62 Å². The maximum atomic E-state index is 12.7. The normalized spacial score (nSPS) is 25.1. The molecular weight excluding hydrogens is 366 g/mol. The van der Waals surface area contributed by atoms with Crippen LogP contribution in [0.5, 0.6) is 0 Å². The number of carbonyl (C=O) groups is 2. The van der Waals surface area contributed by atoms with Gasteiger partial charge in [0.1, 0.15) is 6.04 Å². The van der Waals surface area contributed by atoms with Gasteiger partial charge in [0.05, 0.1) is 12.3 Å². The van der Waals surface area contributed by atoms with Crippen molar-refractivity contribution in [2.45, 2.75) is 50.6 Å². The first-order valence-corrected chi connectivity index (χ1v) is 11.2. The van der Waals surface area contributed by atoms with Crippen molar-refractivity contribution in [3.8, 4) is 0 Å². The van der Waals surface area contributed by atoms with Crippen LogP contribution in [0.25, 0.3) is 0 Å². The molecule has 2 unspecified atom stereocenters. The van der Waals surface area contributed by atoms with Crippen molar-refractivity contribution in [1.29, 1.82) is 0 Å². The standard InChI is InChI=1S/C19H27N3O4S/c20-13-18(23)22-16-9-5-4-8-15(16)12-17(22)19(24)21-27(25,26)11-10-14-6-2-1-3-7-14/h1-3,6-7,15-17H,4-5,8-13,20H2,(H,21,24)/t15?,16?,17-/m0/s1. The number of nitrogens with two attached hydrogens (primary N) is 1. The van der Waals surface area contributed by atoms with Crippen LogP contribution < -0.4 is 10.5 Å².